The first-order valence-electron chi connectivity index (χ1n) is 4.49. The Labute approximate surface area is 68.6 Å². The molecule has 0 aliphatic carbocycles. The number of amides is 1. The van der Waals surface area contributed by atoms with E-state index in [4.69, 9.17) is 0 Å². The topological polar surface area (TPSA) is 20.3 Å². The highest BCUT2D eigenvalue weighted by Crippen LogP contribution is 2.22. The molecule has 0 N–H and O–H groups in total. The number of carbonyl (C=O) groups excluding carboxylic acids is 1. The van der Waals surface area contributed by atoms with Crippen LogP contribution in [-0.4, -0.2) is 23.9 Å². The predicted molar refractivity (Wildman–Crippen MR) is 45.2 cm³/mol. The third kappa shape index (κ3) is 1.95. The molecule has 64 valence electrons. The molecule has 11 heavy (non-hydrogen) atoms. The molecule has 1 saturated heterocycles. The summed E-state index contributed by atoms with van der Waals surface area (Å²) in [6, 6.07) is 0.468. The van der Waals surface area contributed by atoms with Crippen molar-refractivity contribution in [3.05, 3.63) is 0 Å². The van der Waals surface area contributed by atoms with Crippen molar-refractivity contribution in [2.45, 2.75) is 39.2 Å². The molecule has 0 bridgehead atoms. The summed E-state index contributed by atoms with van der Waals surface area (Å²) in [5.41, 5.74) is 0. The molecule has 0 aromatic heterocycles. The van der Waals surface area contributed by atoms with Gasteiger partial charge in [0.25, 0.3) is 0 Å². The summed E-state index contributed by atoms with van der Waals surface area (Å²) in [5.74, 6) is 0.747. The van der Waals surface area contributed by atoms with Gasteiger partial charge in [0.1, 0.15) is 0 Å². The highest BCUT2D eigenvalue weighted by atomic mass is 16.1. The van der Waals surface area contributed by atoms with Crippen LogP contribution in [0, 0.1) is 5.92 Å². The van der Waals surface area contributed by atoms with E-state index in [9.17, 15) is 4.79 Å². The first-order chi connectivity index (χ1) is 5.27. The molecule has 0 aromatic rings. The van der Waals surface area contributed by atoms with Gasteiger partial charge < -0.3 is 4.90 Å². The molecule has 0 spiro atoms. The number of nitrogens with zero attached hydrogens (tertiary/aromatic N) is 1. The van der Waals surface area contributed by atoms with Crippen LogP contribution in [0.3, 0.4) is 0 Å². The second-order valence-electron chi connectivity index (χ2n) is 3.50. The second-order valence-corrected chi connectivity index (χ2v) is 3.50. The van der Waals surface area contributed by atoms with E-state index in [1.54, 1.807) is 0 Å². The zero-order valence-corrected chi connectivity index (χ0v) is 7.42. The molecule has 2 unspecified atom stereocenters. The maximum Gasteiger partial charge on any atom is 0.209 e. The van der Waals surface area contributed by atoms with Crippen molar-refractivity contribution in [2.24, 2.45) is 5.92 Å². The molecule has 1 rings (SSSR count). The van der Waals surface area contributed by atoms with Gasteiger partial charge in [0.2, 0.25) is 6.41 Å². The van der Waals surface area contributed by atoms with Gasteiger partial charge in [-0.05, 0) is 25.7 Å². The predicted octanol–water partition coefficient (Wildman–Crippen LogP) is 1.65. The van der Waals surface area contributed by atoms with Crippen LogP contribution in [0.5, 0.6) is 0 Å². The lowest BCUT2D eigenvalue weighted by atomic mass is 9.92. The molecule has 0 aromatic carbocycles. The Morgan fingerprint density at radius 1 is 1.55 bits per heavy atom. The van der Waals surface area contributed by atoms with E-state index in [2.05, 4.69) is 13.8 Å². The van der Waals surface area contributed by atoms with Crippen molar-refractivity contribution in [1.29, 1.82) is 0 Å². The Bertz CT molecular complexity index is 136. The number of likely N-dealkylation sites (tertiary alicyclic amines) is 1. The number of piperidine rings is 1. The van der Waals surface area contributed by atoms with Gasteiger partial charge in [-0.1, -0.05) is 13.3 Å². The molecule has 0 saturated carbocycles. The zero-order valence-electron chi connectivity index (χ0n) is 7.42. The molecular weight excluding hydrogens is 138 g/mol. The van der Waals surface area contributed by atoms with E-state index >= 15 is 0 Å². The molecule has 2 atom stereocenters. The van der Waals surface area contributed by atoms with E-state index in [0.29, 0.717) is 6.04 Å². The maximum absolute atomic E-state index is 10.6. The molecular formula is C9H17NO. The van der Waals surface area contributed by atoms with Gasteiger partial charge in [0.05, 0.1) is 0 Å². The molecule has 2 heteroatoms. The number of rotatable bonds is 2. The van der Waals surface area contributed by atoms with Crippen LogP contribution >= 0.6 is 0 Å². The third-order valence-electron chi connectivity index (χ3n) is 2.74. The van der Waals surface area contributed by atoms with Gasteiger partial charge in [0.15, 0.2) is 0 Å². The van der Waals surface area contributed by atoms with Gasteiger partial charge in [-0.15, -0.1) is 0 Å². The smallest absolute Gasteiger partial charge is 0.209 e. The molecule has 1 aliphatic heterocycles. The Kier molecular flexibility index (Phi) is 2.92. The highest BCUT2D eigenvalue weighted by molar-refractivity contribution is 5.47. The van der Waals surface area contributed by atoms with Crippen molar-refractivity contribution in [3.63, 3.8) is 0 Å². The van der Waals surface area contributed by atoms with Crippen LogP contribution in [-0.2, 0) is 4.79 Å². The standard InChI is InChI=1S/C9H17NO/c1-3-9-5-4-8(2)10(6-9)7-11/h7-9H,3-6H2,1-2H3. The molecule has 1 amide bonds. The van der Waals surface area contributed by atoms with Gasteiger partial charge >= 0.3 is 0 Å². The molecule has 1 heterocycles. The summed E-state index contributed by atoms with van der Waals surface area (Å²) in [7, 11) is 0. The fourth-order valence-corrected chi connectivity index (χ4v) is 1.69. The Balaban J connectivity index is 2.43. The highest BCUT2D eigenvalue weighted by Gasteiger charge is 2.22. The van der Waals surface area contributed by atoms with Crippen molar-refractivity contribution in [3.8, 4) is 0 Å². The first kappa shape index (κ1) is 8.57. The SMILES string of the molecule is CCC1CCC(C)N(C=O)C1. The van der Waals surface area contributed by atoms with E-state index in [-0.39, 0.29) is 0 Å². The van der Waals surface area contributed by atoms with Crippen molar-refractivity contribution in [2.75, 3.05) is 6.54 Å². The lowest BCUT2D eigenvalue weighted by molar-refractivity contribution is -0.122. The minimum atomic E-state index is 0.468. The number of hydrogen-bond donors (Lipinski definition) is 0. The van der Waals surface area contributed by atoms with Crippen LogP contribution < -0.4 is 0 Å². The summed E-state index contributed by atoms with van der Waals surface area (Å²) in [6.45, 7) is 5.30. The summed E-state index contributed by atoms with van der Waals surface area (Å²) >= 11 is 0. The normalized spacial score (nSPS) is 32.0. The monoisotopic (exact) mass is 155 g/mol. The van der Waals surface area contributed by atoms with Gasteiger partial charge in [-0.25, -0.2) is 0 Å². The van der Waals surface area contributed by atoms with E-state index in [1.807, 2.05) is 4.90 Å². The summed E-state index contributed by atoms with van der Waals surface area (Å²) in [6.07, 6.45) is 4.67. The quantitative estimate of drug-likeness (QED) is 0.555. The van der Waals surface area contributed by atoms with Crippen LogP contribution in [0.4, 0.5) is 0 Å². The van der Waals surface area contributed by atoms with Crippen LogP contribution in [0.1, 0.15) is 33.1 Å². The Morgan fingerprint density at radius 3 is 2.82 bits per heavy atom. The van der Waals surface area contributed by atoms with Crippen molar-refractivity contribution < 1.29 is 4.79 Å². The van der Waals surface area contributed by atoms with E-state index in [0.717, 1.165) is 18.9 Å². The van der Waals surface area contributed by atoms with Crippen molar-refractivity contribution >= 4 is 6.41 Å². The number of hydrogen-bond acceptors (Lipinski definition) is 1. The minimum absolute atomic E-state index is 0.468. The fraction of sp³-hybridized carbons (Fsp3) is 0.889. The fourth-order valence-electron chi connectivity index (χ4n) is 1.69. The molecule has 1 aliphatic rings. The molecule has 1 fully saturated rings. The molecule has 2 nitrogen and oxygen atoms in total. The van der Waals surface area contributed by atoms with Crippen LogP contribution in [0.15, 0.2) is 0 Å². The van der Waals surface area contributed by atoms with Crippen LogP contribution in [0.2, 0.25) is 0 Å². The average Bonchev–Trinajstić information content (AvgIpc) is 2.05. The number of carbonyl (C=O) groups is 1. The summed E-state index contributed by atoms with van der Waals surface area (Å²) in [5, 5.41) is 0. The Hall–Kier alpha value is -0.530. The van der Waals surface area contributed by atoms with Gasteiger partial charge in [0, 0.05) is 12.6 Å². The lowest BCUT2D eigenvalue weighted by Crippen LogP contribution is -2.40. The lowest BCUT2D eigenvalue weighted by Gasteiger charge is -2.34. The van der Waals surface area contributed by atoms with Crippen LogP contribution in [0.25, 0.3) is 0 Å². The maximum atomic E-state index is 10.6. The zero-order chi connectivity index (χ0) is 8.27. The van der Waals surface area contributed by atoms with E-state index in [1.165, 1.54) is 19.3 Å². The third-order valence-corrected chi connectivity index (χ3v) is 2.74. The Morgan fingerprint density at radius 2 is 2.27 bits per heavy atom. The van der Waals surface area contributed by atoms with Gasteiger partial charge in [-0.3, -0.25) is 4.79 Å². The van der Waals surface area contributed by atoms with Gasteiger partial charge in [-0.2, -0.15) is 0 Å². The summed E-state index contributed by atoms with van der Waals surface area (Å²) in [4.78, 5) is 12.5. The average molecular weight is 155 g/mol. The van der Waals surface area contributed by atoms with E-state index < -0.39 is 0 Å². The summed E-state index contributed by atoms with van der Waals surface area (Å²) < 4.78 is 0. The largest absolute Gasteiger partial charge is 0.342 e. The van der Waals surface area contributed by atoms with Crippen molar-refractivity contribution in [1.82, 2.24) is 4.90 Å². The first-order valence-corrected chi connectivity index (χ1v) is 4.49. The second kappa shape index (κ2) is 3.74. The minimum Gasteiger partial charge on any atom is -0.342 e. The molecule has 0 radical (unpaired) electrons.